The van der Waals surface area contributed by atoms with Gasteiger partial charge in [-0.25, -0.2) is 4.79 Å². The van der Waals surface area contributed by atoms with Crippen LogP contribution in [0.5, 0.6) is 0 Å². The number of hydrogen-bond acceptors (Lipinski definition) is 6. The van der Waals surface area contributed by atoms with Gasteiger partial charge in [0.05, 0.1) is 6.54 Å². The number of urea groups is 1. The predicted molar refractivity (Wildman–Crippen MR) is 85.3 cm³/mol. The molecule has 134 valence electrons. The van der Waals surface area contributed by atoms with E-state index in [1.54, 1.807) is 26.2 Å². The van der Waals surface area contributed by atoms with Crippen LogP contribution in [0.2, 0.25) is 6.04 Å². The maximum absolute atomic E-state index is 12.1. The van der Waals surface area contributed by atoms with Gasteiger partial charge < -0.3 is 28.6 Å². The number of carboxylic acid groups (broad SMARTS) is 1. The average Bonchev–Trinajstić information content (AvgIpc) is 2.55. The molecule has 1 aliphatic heterocycles. The Balaban J connectivity index is 2.24. The number of nitrogens with one attached hydrogen (secondary N) is 1. The summed E-state index contributed by atoms with van der Waals surface area (Å²) >= 11 is 0. The Morgan fingerprint density at radius 1 is 1.09 bits per heavy atom. The monoisotopic (exact) mass is 349 g/mol. The van der Waals surface area contributed by atoms with Gasteiger partial charge in [0.15, 0.2) is 0 Å². The van der Waals surface area contributed by atoms with E-state index in [-0.39, 0.29) is 12.6 Å². The highest BCUT2D eigenvalue weighted by Crippen LogP contribution is 2.14. The standard InChI is InChI=1S/C13H27N3O6Si/c1-20-23(21-2,22-3)10-4-5-14-13(19)16-8-6-15(7-9-16)11-12(17)18/h4-11H2,1-3H3,(H,14,19)(H,17,18). The lowest BCUT2D eigenvalue weighted by atomic mass is 10.3. The van der Waals surface area contributed by atoms with Crippen molar-refractivity contribution in [3.05, 3.63) is 0 Å². The Bertz CT molecular complexity index is 378. The van der Waals surface area contributed by atoms with Gasteiger partial charge in [-0.15, -0.1) is 0 Å². The van der Waals surface area contributed by atoms with Gasteiger partial charge >= 0.3 is 20.8 Å². The highest BCUT2D eigenvalue weighted by atomic mass is 28.4. The number of amides is 2. The summed E-state index contributed by atoms with van der Waals surface area (Å²) in [4.78, 5) is 26.2. The Kier molecular flexibility index (Phi) is 8.48. The number of carbonyl (C=O) groups is 2. The molecular weight excluding hydrogens is 322 g/mol. The molecule has 0 aromatic carbocycles. The molecule has 0 aromatic rings. The van der Waals surface area contributed by atoms with Gasteiger partial charge in [0.1, 0.15) is 0 Å². The Morgan fingerprint density at radius 2 is 1.65 bits per heavy atom. The molecular formula is C13H27N3O6Si. The van der Waals surface area contributed by atoms with Crippen molar-refractivity contribution in [1.82, 2.24) is 15.1 Å². The molecule has 0 spiro atoms. The summed E-state index contributed by atoms with van der Waals surface area (Å²) in [6.45, 7) is 2.75. The molecule has 2 amide bonds. The van der Waals surface area contributed by atoms with E-state index < -0.39 is 14.8 Å². The van der Waals surface area contributed by atoms with E-state index in [1.165, 1.54) is 0 Å². The Hall–Kier alpha value is -1.20. The normalized spacial score (nSPS) is 16.4. The molecule has 0 unspecified atom stereocenters. The maximum atomic E-state index is 12.1. The summed E-state index contributed by atoms with van der Waals surface area (Å²) in [5.41, 5.74) is 0. The third-order valence-corrected chi connectivity index (χ3v) is 6.72. The third kappa shape index (κ3) is 6.43. The van der Waals surface area contributed by atoms with Gasteiger partial charge in [-0.2, -0.15) is 0 Å². The first kappa shape index (κ1) is 19.8. The zero-order chi connectivity index (χ0) is 17.3. The molecule has 0 bridgehead atoms. The lowest BCUT2D eigenvalue weighted by Crippen LogP contribution is -2.52. The van der Waals surface area contributed by atoms with Crippen LogP contribution in [0.1, 0.15) is 6.42 Å². The predicted octanol–water partition coefficient (Wildman–Crippen LogP) is -0.334. The van der Waals surface area contributed by atoms with E-state index >= 15 is 0 Å². The average molecular weight is 349 g/mol. The molecule has 0 aromatic heterocycles. The first-order valence-electron chi connectivity index (χ1n) is 7.58. The summed E-state index contributed by atoms with van der Waals surface area (Å²) in [5.74, 6) is -0.843. The molecule has 0 radical (unpaired) electrons. The number of aliphatic carboxylic acids is 1. The zero-order valence-electron chi connectivity index (χ0n) is 14.0. The van der Waals surface area contributed by atoms with E-state index in [0.29, 0.717) is 45.2 Å². The van der Waals surface area contributed by atoms with E-state index in [4.69, 9.17) is 18.4 Å². The minimum Gasteiger partial charge on any atom is -0.480 e. The fourth-order valence-electron chi connectivity index (χ4n) is 2.47. The fourth-order valence-corrected chi connectivity index (χ4v) is 4.19. The number of rotatable bonds is 9. The topological polar surface area (TPSA) is 101 Å². The van der Waals surface area contributed by atoms with Gasteiger partial charge in [-0.3, -0.25) is 9.69 Å². The number of piperazine rings is 1. The first-order chi connectivity index (χ1) is 11.0. The van der Waals surface area contributed by atoms with Crippen LogP contribution in [0.25, 0.3) is 0 Å². The quantitative estimate of drug-likeness (QED) is 0.434. The lowest BCUT2D eigenvalue weighted by molar-refractivity contribution is -0.138. The van der Waals surface area contributed by atoms with Crippen LogP contribution in [-0.4, -0.2) is 96.3 Å². The van der Waals surface area contributed by atoms with Crippen molar-refractivity contribution >= 4 is 20.8 Å². The SMILES string of the molecule is CO[Si](CCCNC(=O)N1CCN(CC(=O)O)CC1)(OC)OC. The summed E-state index contributed by atoms with van der Waals surface area (Å²) in [6.07, 6.45) is 0.701. The molecule has 1 heterocycles. The molecule has 1 fully saturated rings. The molecule has 1 rings (SSSR count). The van der Waals surface area contributed by atoms with Crippen molar-refractivity contribution in [1.29, 1.82) is 0 Å². The van der Waals surface area contributed by atoms with Gasteiger partial charge in [-0.05, 0) is 6.42 Å². The van der Waals surface area contributed by atoms with E-state index in [9.17, 15) is 9.59 Å². The van der Waals surface area contributed by atoms with Crippen molar-refractivity contribution in [3.8, 4) is 0 Å². The van der Waals surface area contributed by atoms with Crippen molar-refractivity contribution in [2.75, 3.05) is 60.6 Å². The van der Waals surface area contributed by atoms with E-state index in [0.717, 1.165) is 0 Å². The van der Waals surface area contributed by atoms with E-state index in [2.05, 4.69) is 5.32 Å². The van der Waals surface area contributed by atoms with Gasteiger partial charge in [0.2, 0.25) is 0 Å². The second-order valence-corrected chi connectivity index (χ2v) is 8.38. The number of carbonyl (C=O) groups excluding carboxylic acids is 1. The molecule has 9 nitrogen and oxygen atoms in total. The van der Waals surface area contributed by atoms with Crippen molar-refractivity contribution in [2.45, 2.75) is 12.5 Å². The lowest BCUT2D eigenvalue weighted by Gasteiger charge is -2.33. The largest absolute Gasteiger partial charge is 0.500 e. The molecule has 2 N–H and O–H groups in total. The summed E-state index contributed by atoms with van der Waals surface area (Å²) in [6, 6.07) is 0.503. The Morgan fingerprint density at radius 3 is 2.13 bits per heavy atom. The molecule has 0 saturated carbocycles. The minimum absolute atomic E-state index is 0.0211. The van der Waals surface area contributed by atoms with Gasteiger partial charge in [0.25, 0.3) is 0 Å². The van der Waals surface area contributed by atoms with E-state index in [1.807, 2.05) is 4.90 Å². The molecule has 0 atom stereocenters. The van der Waals surface area contributed by atoms with Crippen LogP contribution in [-0.2, 0) is 18.1 Å². The van der Waals surface area contributed by atoms with Crippen molar-refractivity contribution < 1.29 is 28.0 Å². The summed E-state index contributed by atoms with van der Waals surface area (Å²) in [7, 11) is 2.11. The maximum Gasteiger partial charge on any atom is 0.500 e. The van der Waals surface area contributed by atoms with Crippen LogP contribution in [0.4, 0.5) is 4.79 Å². The van der Waals surface area contributed by atoms with Crippen LogP contribution >= 0.6 is 0 Å². The van der Waals surface area contributed by atoms with Crippen LogP contribution < -0.4 is 5.32 Å². The van der Waals surface area contributed by atoms with Crippen LogP contribution in [0, 0.1) is 0 Å². The smallest absolute Gasteiger partial charge is 0.480 e. The van der Waals surface area contributed by atoms with Gasteiger partial charge in [0, 0.05) is 60.1 Å². The minimum atomic E-state index is -2.58. The zero-order valence-corrected chi connectivity index (χ0v) is 15.0. The highest BCUT2D eigenvalue weighted by Gasteiger charge is 2.36. The molecule has 1 aliphatic rings. The summed E-state index contributed by atoms with van der Waals surface area (Å²) in [5, 5.41) is 11.6. The molecule has 10 heteroatoms. The van der Waals surface area contributed by atoms with Gasteiger partial charge in [-0.1, -0.05) is 0 Å². The fraction of sp³-hybridized carbons (Fsp3) is 0.846. The third-order valence-electron chi connectivity index (χ3n) is 3.89. The second-order valence-electron chi connectivity index (χ2n) is 5.29. The number of nitrogens with zero attached hydrogens (tertiary/aromatic N) is 2. The second kappa shape index (κ2) is 9.83. The first-order valence-corrected chi connectivity index (χ1v) is 9.52. The molecule has 0 aliphatic carbocycles. The van der Waals surface area contributed by atoms with Crippen LogP contribution in [0.15, 0.2) is 0 Å². The molecule has 23 heavy (non-hydrogen) atoms. The summed E-state index contributed by atoms with van der Waals surface area (Å²) < 4.78 is 16.0. The number of hydrogen-bond donors (Lipinski definition) is 2. The number of carboxylic acids is 1. The van der Waals surface area contributed by atoms with Crippen molar-refractivity contribution in [2.24, 2.45) is 0 Å². The molecule has 1 saturated heterocycles. The highest BCUT2D eigenvalue weighted by molar-refractivity contribution is 6.60. The Labute approximate surface area is 137 Å². The van der Waals surface area contributed by atoms with Crippen LogP contribution in [0.3, 0.4) is 0 Å². The van der Waals surface area contributed by atoms with Crippen molar-refractivity contribution in [3.63, 3.8) is 0 Å².